The van der Waals surface area contributed by atoms with Crippen molar-refractivity contribution in [2.75, 3.05) is 5.32 Å². The van der Waals surface area contributed by atoms with Crippen LogP contribution in [0.15, 0.2) is 36.4 Å². The molecule has 0 aliphatic rings. The van der Waals surface area contributed by atoms with E-state index in [2.05, 4.69) is 10.3 Å². The van der Waals surface area contributed by atoms with Crippen LogP contribution in [0, 0.1) is 6.92 Å². The van der Waals surface area contributed by atoms with Crippen molar-refractivity contribution in [3.05, 3.63) is 52.7 Å². The summed E-state index contributed by atoms with van der Waals surface area (Å²) in [5.41, 5.74) is 1.71. The predicted octanol–water partition coefficient (Wildman–Crippen LogP) is 4.74. The Labute approximate surface area is 135 Å². The van der Waals surface area contributed by atoms with Crippen molar-refractivity contribution in [3.8, 4) is 0 Å². The van der Waals surface area contributed by atoms with Crippen molar-refractivity contribution in [2.45, 2.75) is 33.3 Å². The highest BCUT2D eigenvalue weighted by atomic mass is 35.5. The Morgan fingerprint density at radius 1 is 1.23 bits per heavy atom. The second-order valence-electron chi connectivity index (χ2n) is 6.03. The van der Waals surface area contributed by atoms with E-state index in [1.807, 2.05) is 52.0 Å². The van der Waals surface area contributed by atoms with Crippen LogP contribution in [0.25, 0.3) is 0 Å². The number of carbonyl (C=O) groups excluding carboxylic acids is 1. The van der Waals surface area contributed by atoms with E-state index in [1.165, 1.54) is 0 Å². The van der Waals surface area contributed by atoms with Gasteiger partial charge in [0.2, 0.25) is 0 Å². The topological polar surface area (TPSA) is 51.2 Å². The lowest BCUT2D eigenvalue weighted by Crippen LogP contribution is -2.24. The third-order valence-electron chi connectivity index (χ3n) is 2.76. The fourth-order valence-electron chi connectivity index (χ4n) is 1.89. The summed E-state index contributed by atoms with van der Waals surface area (Å²) >= 11 is 5.95. The van der Waals surface area contributed by atoms with Crippen molar-refractivity contribution < 1.29 is 9.53 Å². The molecule has 1 N–H and O–H groups in total. The zero-order chi connectivity index (χ0) is 16.3. The zero-order valence-electron chi connectivity index (χ0n) is 13.1. The van der Waals surface area contributed by atoms with Crippen LogP contribution < -0.4 is 5.32 Å². The molecule has 0 bridgehead atoms. The van der Waals surface area contributed by atoms with Crippen molar-refractivity contribution in [1.82, 2.24) is 4.98 Å². The summed E-state index contributed by atoms with van der Waals surface area (Å²) in [7, 11) is 0. The highest BCUT2D eigenvalue weighted by molar-refractivity contribution is 6.29. The number of aromatic nitrogens is 1. The quantitative estimate of drug-likeness (QED) is 0.656. The lowest BCUT2D eigenvalue weighted by Gasteiger charge is -2.20. The minimum Gasteiger partial charge on any atom is -0.456 e. The number of ether oxygens (including phenoxy) is 1. The summed E-state index contributed by atoms with van der Waals surface area (Å²) in [6, 6.07) is 11.0. The number of carbonyl (C=O) groups is 1. The Kier molecular flexibility index (Phi) is 4.71. The van der Waals surface area contributed by atoms with Crippen LogP contribution in [0.4, 0.5) is 11.5 Å². The molecular weight excluding hydrogens is 300 g/mol. The molecular formula is C17H19ClN2O2. The molecule has 2 rings (SSSR count). The first-order valence-electron chi connectivity index (χ1n) is 6.98. The summed E-state index contributed by atoms with van der Waals surface area (Å²) in [6.45, 7) is 7.46. The zero-order valence-corrected chi connectivity index (χ0v) is 13.9. The lowest BCUT2D eigenvalue weighted by molar-refractivity contribution is 0.00704. The van der Waals surface area contributed by atoms with E-state index in [0.29, 0.717) is 16.5 Å². The van der Waals surface area contributed by atoms with Crippen molar-refractivity contribution >= 4 is 29.1 Å². The number of rotatable bonds is 3. The van der Waals surface area contributed by atoms with E-state index >= 15 is 0 Å². The summed E-state index contributed by atoms with van der Waals surface area (Å²) in [5, 5.41) is 3.43. The number of pyridine rings is 1. The van der Waals surface area contributed by atoms with Crippen LogP contribution in [0.1, 0.15) is 36.7 Å². The van der Waals surface area contributed by atoms with Crippen molar-refractivity contribution in [1.29, 1.82) is 0 Å². The van der Waals surface area contributed by atoms with Crippen molar-refractivity contribution in [3.63, 3.8) is 0 Å². The monoisotopic (exact) mass is 318 g/mol. The van der Waals surface area contributed by atoms with Gasteiger partial charge in [-0.05, 0) is 57.5 Å². The maximum atomic E-state index is 12.3. The largest absolute Gasteiger partial charge is 0.456 e. The van der Waals surface area contributed by atoms with E-state index < -0.39 is 11.6 Å². The predicted molar refractivity (Wildman–Crippen MR) is 88.9 cm³/mol. The Bertz CT molecular complexity index is 693. The number of anilines is 2. The average Bonchev–Trinajstić information content (AvgIpc) is 2.36. The van der Waals surface area contributed by atoms with E-state index in [0.717, 1.165) is 11.3 Å². The third kappa shape index (κ3) is 4.46. The minimum absolute atomic E-state index is 0.308. The van der Waals surface area contributed by atoms with Gasteiger partial charge >= 0.3 is 5.97 Å². The summed E-state index contributed by atoms with van der Waals surface area (Å²) in [4.78, 5) is 16.5. The number of nitrogens with zero attached hydrogens (tertiary/aromatic N) is 1. The van der Waals surface area contributed by atoms with Crippen molar-refractivity contribution in [2.24, 2.45) is 0 Å². The van der Waals surface area contributed by atoms with Crippen LogP contribution in [-0.2, 0) is 4.74 Å². The summed E-state index contributed by atoms with van der Waals surface area (Å²) in [5.74, 6) is -0.0563. The van der Waals surface area contributed by atoms with Crippen LogP contribution in [0.2, 0.25) is 5.15 Å². The van der Waals surface area contributed by atoms with Gasteiger partial charge in [-0.25, -0.2) is 9.78 Å². The van der Waals surface area contributed by atoms with E-state index in [4.69, 9.17) is 16.3 Å². The highest BCUT2D eigenvalue weighted by Crippen LogP contribution is 2.24. The smallest absolute Gasteiger partial charge is 0.342 e. The second-order valence-corrected chi connectivity index (χ2v) is 6.41. The van der Waals surface area contributed by atoms with Gasteiger partial charge in [-0.3, -0.25) is 0 Å². The van der Waals surface area contributed by atoms with Gasteiger partial charge in [0.25, 0.3) is 0 Å². The molecule has 2 aromatic rings. The second kappa shape index (κ2) is 6.36. The molecule has 0 fully saturated rings. The number of nitrogens with one attached hydrogen (secondary N) is 1. The standard InChI is InChI=1S/C17H19ClN2O2/c1-11-6-5-7-12(10-11)19-15-13(8-9-14(18)20-15)16(21)22-17(2,3)4/h5-10H,1-4H3,(H,19,20). The molecule has 22 heavy (non-hydrogen) atoms. The van der Waals surface area contributed by atoms with Crippen LogP contribution in [-0.4, -0.2) is 16.6 Å². The number of aryl methyl sites for hydroxylation is 1. The number of halogens is 1. The number of hydrogen-bond acceptors (Lipinski definition) is 4. The fourth-order valence-corrected chi connectivity index (χ4v) is 2.04. The molecule has 0 unspecified atom stereocenters. The SMILES string of the molecule is Cc1cccc(Nc2nc(Cl)ccc2C(=O)OC(C)(C)C)c1. The minimum atomic E-state index is -0.572. The molecule has 0 aliphatic carbocycles. The van der Waals surface area contributed by atoms with Crippen LogP contribution in [0.5, 0.6) is 0 Å². The molecule has 0 saturated carbocycles. The van der Waals surface area contributed by atoms with E-state index in [-0.39, 0.29) is 0 Å². The Hall–Kier alpha value is -2.07. The molecule has 1 heterocycles. The first-order chi connectivity index (χ1) is 10.2. The van der Waals surface area contributed by atoms with Gasteiger partial charge in [0.1, 0.15) is 22.1 Å². The molecule has 1 aromatic carbocycles. The number of hydrogen-bond donors (Lipinski definition) is 1. The maximum absolute atomic E-state index is 12.3. The van der Waals surface area contributed by atoms with Gasteiger partial charge in [-0.1, -0.05) is 23.7 Å². The third-order valence-corrected chi connectivity index (χ3v) is 2.97. The van der Waals surface area contributed by atoms with Gasteiger partial charge in [0, 0.05) is 5.69 Å². The Morgan fingerprint density at radius 3 is 2.59 bits per heavy atom. The van der Waals surface area contributed by atoms with Gasteiger partial charge in [0.15, 0.2) is 0 Å². The molecule has 5 heteroatoms. The molecule has 4 nitrogen and oxygen atoms in total. The first kappa shape index (κ1) is 16.3. The molecule has 0 atom stereocenters. The van der Waals surface area contributed by atoms with Gasteiger partial charge < -0.3 is 10.1 Å². The Balaban J connectivity index is 2.34. The highest BCUT2D eigenvalue weighted by Gasteiger charge is 2.21. The average molecular weight is 319 g/mol. The number of benzene rings is 1. The molecule has 116 valence electrons. The first-order valence-corrected chi connectivity index (χ1v) is 7.36. The fraction of sp³-hybridized carbons (Fsp3) is 0.294. The van der Waals surface area contributed by atoms with Crippen LogP contribution in [0.3, 0.4) is 0 Å². The van der Waals surface area contributed by atoms with E-state index in [9.17, 15) is 4.79 Å². The molecule has 0 saturated heterocycles. The number of esters is 1. The Morgan fingerprint density at radius 2 is 1.95 bits per heavy atom. The molecule has 0 aliphatic heterocycles. The molecule has 0 radical (unpaired) electrons. The lowest BCUT2D eigenvalue weighted by atomic mass is 10.1. The maximum Gasteiger partial charge on any atom is 0.342 e. The normalized spacial score (nSPS) is 11.1. The molecule has 1 aromatic heterocycles. The van der Waals surface area contributed by atoms with Gasteiger partial charge in [-0.2, -0.15) is 0 Å². The summed E-state index contributed by atoms with van der Waals surface area (Å²) in [6.07, 6.45) is 0. The molecule has 0 spiro atoms. The van der Waals surface area contributed by atoms with E-state index in [1.54, 1.807) is 12.1 Å². The van der Waals surface area contributed by atoms with Gasteiger partial charge in [0.05, 0.1) is 0 Å². The van der Waals surface area contributed by atoms with Crippen LogP contribution >= 0.6 is 11.6 Å². The molecule has 0 amide bonds. The van der Waals surface area contributed by atoms with Gasteiger partial charge in [-0.15, -0.1) is 0 Å². The summed E-state index contributed by atoms with van der Waals surface area (Å²) < 4.78 is 5.40.